The van der Waals surface area contributed by atoms with Gasteiger partial charge in [-0.15, -0.1) is 0 Å². The van der Waals surface area contributed by atoms with Gasteiger partial charge in [0.05, 0.1) is 6.61 Å². The maximum absolute atomic E-state index is 12.8. The number of halogens is 2. The van der Waals surface area contributed by atoms with Crippen LogP contribution in [-0.2, 0) is 4.74 Å². The van der Waals surface area contributed by atoms with Crippen LogP contribution >= 0.6 is 0 Å². The van der Waals surface area contributed by atoms with Crippen LogP contribution in [0.15, 0.2) is 18.2 Å². The Morgan fingerprint density at radius 3 is 2.54 bits per heavy atom. The third kappa shape index (κ3) is 2.49. The monoisotopic (exact) mass is 186 g/mol. The van der Waals surface area contributed by atoms with Crippen LogP contribution in [0.3, 0.4) is 0 Å². The maximum atomic E-state index is 12.8. The summed E-state index contributed by atoms with van der Waals surface area (Å²) in [6, 6.07) is 3.91. The van der Waals surface area contributed by atoms with Crippen molar-refractivity contribution < 1.29 is 13.5 Å². The quantitative estimate of drug-likeness (QED) is 0.705. The lowest BCUT2D eigenvalue weighted by Gasteiger charge is -2.10. The highest BCUT2D eigenvalue weighted by molar-refractivity contribution is 5.21. The fourth-order valence-corrected chi connectivity index (χ4v) is 1.17. The lowest BCUT2D eigenvalue weighted by atomic mass is 10.0. The zero-order valence-corrected chi connectivity index (χ0v) is 7.68. The second kappa shape index (κ2) is 4.33. The molecule has 1 aromatic rings. The molecule has 0 heterocycles. The van der Waals surface area contributed by atoms with Gasteiger partial charge in [-0.25, -0.2) is 8.78 Å². The van der Waals surface area contributed by atoms with Crippen molar-refractivity contribution in [3.63, 3.8) is 0 Å². The Labute approximate surface area is 76.3 Å². The molecule has 72 valence electrons. The number of rotatable bonds is 3. The summed E-state index contributed by atoms with van der Waals surface area (Å²) in [4.78, 5) is 0. The van der Waals surface area contributed by atoms with Gasteiger partial charge < -0.3 is 4.74 Å². The van der Waals surface area contributed by atoms with Crippen LogP contribution in [0.4, 0.5) is 8.78 Å². The summed E-state index contributed by atoms with van der Waals surface area (Å²) in [7, 11) is 1.58. The fourth-order valence-electron chi connectivity index (χ4n) is 1.17. The molecule has 0 fully saturated rings. The molecule has 1 unspecified atom stereocenters. The van der Waals surface area contributed by atoms with Gasteiger partial charge in [0.2, 0.25) is 0 Å². The Bertz CT molecular complexity index is 286. The minimum Gasteiger partial charge on any atom is -0.384 e. The van der Waals surface area contributed by atoms with Gasteiger partial charge in [-0.2, -0.15) is 0 Å². The molecule has 0 aromatic heterocycles. The minimum absolute atomic E-state index is 0.0834. The van der Waals surface area contributed by atoms with Crippen LogP contribution in [-0.4, -0.2) is 13.7 Å². The van der Waals surface area contributed by atoms with E-state index in [1.54, 1.807) is 13.2 Å². The second-order valence-electron chi connectivity index (χ2n) is 3.03. The van der Waals surface area contributed by atoms with E-state index in [1.165, 1.54) is 6.07 Å². The molecule has 0 amide bonds. The van der Waals surface area contributed by atoms with Gasteiger partial charge in [0.15, 0.2) is 11.6 Å². The van der Waals surface area contributed by atoms with E-state index in [-0.39, 0.29) is 5.92 Å². The molecule has 1 rings (SSSR count). The van der Waals surface area contributed by atoms with Crippen LogP contribution in [0.5, 0.6) is 0 Å². The molecule has 0 spiro atoms. The summed E-state index contributed by atoms with van der Waals surface area (Å²) in [5.74, 6) is -1.53. The Hall–Kier alpha value is -0.960. The normalized spacial score (nSPS) is 12.9. The summed E-state index contributed by atoms with van der Waals surface area (Å²) in [5, 5.41) is 0. The Balaban J connectivity index is 2.84. The van der Waals surface area contributed by atoms with Crippen molar-refractivity contribution in [1.82, 2.24) is 0 Å². The van der Waals surface area contributed by atoms with Crippen molar-refractivity contribution in [2.24, 2.45) is 0 Å². The van der Waals surface area contributed by atoms with Gasteiger partial charge in [0.1, 0.15) is 0 Å². The van der Waals surface area contributed by atoms with E-state index in [2.05, 4.69) is 0 Å². The number of hydrogen-bond donors (Lipinski definition) is 0. The largest absolute Gasteiger partial charge is 0.384 e. The van der Waals surface area contributed by atoms with Crippen LogP contribution < -0.4 is 0 Å². The SMILES string of the molecule is COCC(C)c1ccc(F)c(F)c1. The van der Waals surface area contributed by atoms with Crippen LogP contribution in [0.1, 0.15) is 18.4 Å². The van der Waals surface area contributed by atoms with Crippen molar-refractivity contribution >= 4 is 0 Å². The molecule has 0 bridgehead atoms. The highest BCUT2D eigenvalue weighted by Crippen LogP contribution is 2.17. The van der Waals surface area contributed by atoms with Gasteiger partial charge in [-0.1, -0.05) is 13.0 Å². The van der Waals surface area contributed by atoms with E-state index >= 15 is 0 Å². The Kier molecular flexibility index (Phi) is 3.37. The summed E-state index contributed by atoms with van der Waals surface area (Å²) in [5.41, 5.74) is 0.751. The summed E-state index contributed by atoms with van der Waals surface area (Å²) in [6.07, 6.45) is 0. The first-order valence-corrected chi connectivity index (χ1v) is 4.09. The molecule has 0 aliphatic carbocycles. The third-order valence-corrected chi connectivity index (χ3v) is 1.93. The molecular formula is C10H12F2O. The molecule has 0 saturated heterocycles. The molecule has 0 radical (unpaired) electrons. The van der Waals surface area contributed by atoms with Crippen LogP contribution in [0.25, 0.3) is 0 Å². The molecule has 0 aliphatic rings. The Morgan fingerprint density at radius 1 is 1.31 bits per heavy atom. The molecule has 13 heavy (non-hydrogen) atoms. The van der Waals surface area contributed by atoms with Crippen LogP contribution in [0.2, 0.25) is 0 Å². The highest BCUT2D eigenvalue weighted by Gasteiger charge is 2.08. The van der Waals surface area contributed by atoms with Gasteiger partial charge in [0, 0.05) is 13.0 Å². The average molecular weight is 186 g/mol. The van der Waals surface area contributed by atoms with Crippen LogP contribution in [0, 0.1) is 11.6 Å². The summed E-state index contributed by atoms with van der Waals surface area (Å²) < 4.78 is 30.2. The van der Waals surface area contributed by atoms with Crippen molar-refractivity contribution in [3.8, 4) is 0 Å². The molecular weight excluding hydrogens is 174 g/mol. The third-order valence-electron chi connectivity index (χ3n) is 1.93. The highest BCUT2D eigenvalue weighted by atomic mass is 19.2. The first kappa shape index (κ1) is 10.1. The molecule has 0 saturated carbocycles. The fraction of sp³-hybridized carbons (Fsp3) is 0.400. The van der Waals surface area contributed by atoms with Crippen molar-refractivity contribution in [1.29, 1.82) is 0 Å². The van der Waals surface area contributed by atoms with Crippen molar-refractivity contribution in [2.45, 2.75) is 12.8 Å². The first-order valence-electron chi connectivity index (χ1n) is 4.09. The first-order chi connectivity index (χ1) is 6.15. The van der Waals surface area contributed by atoms with Gasteiger partial charge in [-0.05, 0) is 17.7 Å². The molecule has 1 aromatic carbocycles. The van der Waals surface area contributed by atoms with Gasteiger partial charge in [-0.3, -0.25) is 0 Å². The molecule has 0 aliphatic heterocycles. The van der Waals surface area contributed by atoms with Crippen molar-refractivity contribution in [2.75, 3.05) is 13.7 Å². The smallest absolute Gasteiger partial charge is 0.159 e. The number of benzene rings is 1. The van der Waals surface area contributed by atoms with Gasteiger partial charge >= 0.3 is 0 Å². The van der Waals surface area contributed by atoms with E-state index < -0.39 is 11.6 Å². The molecule has 0 N–H and O–H groups in total. The van der Waals surface area contributed by atoms with Gasteiger partial charge in [0.25, 0.3) is 0 Å². The number of ether oxygens (including phenoxy) is 1. The topological polar surface area (TPSA) is 9.23 Å². The van der Waals surface area contributed by atoms with Crippen molar-refractivity contribution in [3.05, 3.63) is 35.4 Å². The summed E-state index contributed by atoms with van der Waals surface area (Å²) >= 11 is 0. The zero-order valence-electron chi connectivity index (χ0n) is 7.68. The standard InChI is InChI=1S/C10H12F2O/c1-7(6-13-2)8-3-4-9(11)10(12)5-8/h3-5,7H,6H2,1-2H3. The maximum Gasteiger partial charge on any atom is 0.159 e. The molecule has 3 heteroatoms. The predicted octanol–water partition coefficient (Wildman–Crippen LogP) is 2.71. The second-order valence-corrected chi connectivity index (χ2v) is 3.03. The van der Waals surface area contributed by atoms with E-state index in [9.17, 15) is 8.78 Å². The zero-order chi connectivity index (χ0) is 9.84. The average Bonchev–Trinajstić information content (AvgIpc) is 2.10. The van der Waals surface area contributed by atoms with E-state index in [0.717, 1.165) is 11.6 Å². The number of hydrogen-bond acceptors (Lipinski definition) is 1. The molecule has 1 nitrogen and oxygen atoms in total. The lowest BCUT2D eigenvalue weighted by molar-refractivity contribution is 0.184. The minimum atomic E-state index is -0.812. The molecule has 1 atom stereocenters. The summed E-state index contributed by atoms with van der Waals surface area (Å²) in [6.45, 7) is 2.40. The number of methoxy groups -OCH3 is 1. The predicted molar refractivity (Wildman–Crippen MR) is 46.6 cm³/mol. The Morgan fingerprint density at radius 2 is 2.00 bits per heavy atom. The van der Waals surface area contributed by atoms with E-state index in [0.29, 0.717) is 6.61 Å². The van der Waals surface area contributed by atoms with E-state index in [1.807, 2.05) is 6.92 Å². The lowest BCUT2D eigenvalue weighted by Crippen LogP contribution is -2.02. The van der Waals surface area contributed by atoms with E-state index in [4.69, 9.17) is 4.74 Å².